The third kappa shape index (κ3) is 1.38. The van der Waals surface area contributed by atoms with Crippen LogP contribution in [0.25, 0.3) is 0 Å². The number of fused-ring (bicyclic) bond motifs is 1. The molecule has 2 rings (SSSR count). The van der Waals surface area contributed by atoms with Crippen molar-refractivity contribution < 1.29 is 9.13 Å². The van der Waals surface area contributed by atoms with Gasteiger partial charge in [-0.2, -0.15) is 0 Å². The first-order valence-corrected chi connectivity index (χ1v) is 5.16. The molecule has 0 saturated carbocycles. The zero-order chi connectivity index (χ0) is 9.47. The summed E-state index contributed by atoms with van der Waals surface area (Å²) in [6.45, 7) is 6.56. The zero-order valence-electron chi connectivity index (χ0n) is 8.42. The molecule has 0 unspecified atom stereocenters. The van der Waals surface area contributed by atoms with E-state index < -0.39 is 6.17 Å². The number of nitrogens with zero attached hydrogens (tertiary/aromatic N) is 1. The molecular weight excluding hydrogens is 169 g/mol. The Bertz CT molecular complexity index is 189. The number of ether oxygens (including phenoxy) is 1. The number of rotatable bonds is 3. The second-order valence-electron chi connectivity index (χ2n) is 4.46. The fourth-order valence-corrected chi connectivity index (χ4v) is 2.35. The van der Waals surface area contributed by atoms with Gasteiger partial charge in [0.25, 0.3) is 0 Å². The van der Waals surface area contributed by atoms with Gasteiger partial charge < -0.3 is 4.74 Å². The van der Waals surface area contributed by atoms with E-state index in [1.54, 1.807) is 0 Å². The topological polar surface area (TPSA) is 12.5 Å². The van der Waals surface area contributed by atoms with Gasteiger partial charge in [-0.1, -0.05) is 0 Å². The van der Waals surface area contributed by atoms with Crippen molar-refractivity contribution in [3.8, 4) is 0 Å². The highest BCUT2D eigenvalue weighted by molar-refractivity contribution is 5.09. The van der Waals surface area contributed by atoms with E-state index in [1.807, 2.05) is 13.8 Å². The second-order valence-corrected chi connectivity index (χ2v) is 4.46. The lowest BCUT2D eigenvalue weighted by molar-refractivity contribution is -0.0902. The molecule has 2 aliphatic rings. The Hall–Kier alpha value is -0.150. The summed E-state index contributed by atoms with van der Waals surface area (Å²) in [6, 6.07) is 0. The Morgan fingerprint density at radius 3 is 2.77 bits per heavy atom. The smallest absolute Gasteiger partial charge is 0.122 e. The Labute approximate surface area is 79.1 Å². The van der Waals surface area contributed by atoms with E-state index in [0.717, 1.165) is 19.5 Å². The molecule has 2 aliphatic heterocycles. The maximum Gasteiger partial charge on any atom is 0.122 e. The van der Waals surface area contributed by atoms with E-state index in [0.29, 0.717) is 13.0 Å². The third-order valence-electron chi connectivity index (χ3n) is 3.35. The van der Waals surface area contributed by atoms with E-state index in [9.17, 15) is 4.39 Å². The van der Waals surface area contributed by atoms with Crippen LogP contribution >= 0.6 is 0 Å². The van der Waals surface area contributed by atoms with Crippen LogP contribution in [0.1, 0.15) is 26.7 Å². The van der Waals surface area contributed by atoms with Gasteiger partial charge in [-0.05, 0) is 26.7 Å². The molecule has 0 bridgehead atoms. The third-order valence-corrected chi connectivity index (χ3v) is 3.35. The lowest BCUT2D eigenvalue weighted by atomic mass is 9.84. The standard InChI is InChI=1S/C10H18FNO/c1-8(2)13-7-10-4-6-12(10)5-3-9(10)11/h8-9H,3-7H2,1-2H3/t9-,10+/m0/s1. The number of hydrogen-bond donors (Lipinski definition) is 0. The summed E-state index contributed by atoms with van der Waals surface area (Å²) >= 11 is 0. The summed E-state index contributed by atoms with van der Waals surface area (Å²) in [6.07, 6.45) is 1.21. The monoisotopic (exact) mass is 187 g/mol. The van der Waals surface area contributed by atoms with Crippen molar-refractivity contribution in [2.45, 2.75) is 44.5 Å². The molecule has 2 saturated heterocycles. The average Bonchev–Trinajstić information content (AvgIpc) is 2.21. The largest absolute Gasteiger partial charge is 0.377 e. The molecule has 0 aromatic heterocycles. The van der Waals surface area contributed by atoms with Crippen molar-refractivity contribution in [3.63, 3.8) is 0 Å². The van der Waals surface area contributed by atoms with E-state index in [1.165, 1.54) is 0 Å². The van der Waals surface area contributed by atoms with E-state index in [4.69, 9.17) is 4.74 Å². The first-order valence-electron chi connectivity index (χ1n) is 5.16. The summed E-state index contributed by atoms with van der Waals surface area (Å²) in [4.78, 5) is 2.24. The van der Waals surface area contributed by atoms with Gasteiger partial charge in [0, 0.05) is 13.1 Å². The molecule has 2 nitrogen and oxygen atoms in total. The van der Waals surface area contributed by atoms with Crippen LogP contribution in [0.3, 0.4) is 0 Å². The highest BCUT2D eigenvalue weighted by Gasteiger charge is 2.55. The predicted molar refractivity (Wildman–Crippen MR) is 49.5 cm³/mol. The Morgan fingerprint density at radius 1 is 1.54 bits per heavy atom. The highest BCUT2D eigenvalue weighted by atomic mass is 19.1. The van der Waals surface area contributed by atoms with Gasteiger partial charge in [-0.3, -0.25) is 4.90 Å². The molecule has 0 aliphatic carbocycles. The minimum Gasteiger partial charge on any atom is -0.377 e. The van der Waals surface area contributed by atoms with Gasteiger partial charge in [0.15, 0.2) is 0 Å². The lowest BCUT2D eigenvalue weighted by Crippen LogP contribution is -2.62. The summed E-state index contributed by atoms with van der Waals surface area (Å²) in [7, 11) is 0. The molecular formula is C10H18FNO. The van der Waals surface area contributed by atoms with Gasteiger partial charge in [0.2, 0.25) is 0 Å². The van der Waals surface area contributed by atoms with Gasteiger partial charge in [0.05, 0.1) is 18.2 Å². The van der Waals surface area contributed by atoms with Gasteiger partial charge in [-0.25, -0.2) is 4.39 Å². The fourth-order valence-electron chi connectivity index (χ4n) is 2.35. The molecule has 0 aromatic carbocycles. The molecule has 2 atom stereocenters. The minimum atomic E-state index is -0.667. The van der Waals surface area contributed by atoms with Gasteiger partial charge in [-0.15, -0.1) is 0 Å². The molecule has 2 heterocycles. The Balaban J connectivity index is 1.94. The number of halogens is 1. The average molecular weight is 187 g/mol. The van der Waals surface area contributed by atoms with Crippen molar-refractivity contribution in [3.05, 3.63) is 0 Å². The Morgan fingerprint density at radius 2 is 2.31 bits per heavy atom. The van der Waals surface area contributed by atoms with Crippen molar-refractivity contribution in [1.82, 2.24) is 4.90 Å². The van der Waals surface area contributed by atoms with E-state index >= 15 is 0 Å². The van der Waals surface area contributed by atoms with Crippen LogP contribution in [-0.2, 0) is 4.74 Å². The van der Waals surface area contributed by atoms with Gasteiger partial charge in [0.1, 0.15) is 6.17 Å². The van der Waals surface area contributed by atoms with Crippen LogP contribution in [0.5, 0.6) is 0 Å². The fraction of sp³-hybridized carbons (Fsp3) is 1.00. The molecule has 0 spiro atoms. The molecule has 0 radical (unpaired) electrons. The first-order chi connectivity index (χ1) is 6.15. The van der Waals surface area contributed by atoms with Crippen LogP contribution in [0.4, 0.5) is 4.39 Å². The van der Waals surface area contributed by atoms with Crippen molar-refractivity contribution >= 4 is 0 Å². The molecule has 2 fully saturated rings. The molecule has 0 aromatic rings. The van der Waals surface area contributed by atoms with Crippen LogP contribution < -0.4 is 0 Å². The summed E-state index contributed by atoms with van der Waals surface area (Å²) in [5.41, 5.74) is -0.232. The summed E-state index contributed by atoms with van der Waals surface area (Å²) < 4.78 is 19.1. The maximum absolute atomic E-state index is 13.6. The minimum absolute atomic E-state index is 0.213. The van der Waals surface area contributed by atoms with Crippen LogP contribution in [0, 0.1) is 0 Å². The van der Waals surface area contributed by atoms with E-state index in [2.05, 4.69) is 4.90 Å². The molecule has 0 amide bonds. The van der Waals surface area contributed by atoms with Crippen molar-refractivity contribution in [1.29, 1.82) is 0 Å². The predicted octanol–water partition coefficient (Wildman–Crippen LogP) is 1.60. The lowest BCUT2D eigenvalue weighted by Gasteiger charge is -2.49. The molecule has 13 heavy (non-hydrogen) atoms. The van der Waals surface area contributed by atoms with Crippen LogP contribution in [-0.4, -0.2) is 42.4 Å². The highest BCUT2D eigenvalue weighted by Crippen LogP contribution is 2.42. The first kappa shape index (κ1) is 9.41. The quantitative estimate of drug-likeness (QED) is 0.665. The summed E-state index contributed by atoms with van der Waals surface area (Å²) in [5, 5.41) is 0. The number of hydrogen-bond acceptors (Lipinski definition) is 2. The van der Waals surface area contributed by atoms with E-state index in [-0.39, 0.29) is 11.6 Å². The SMILES string of the molecule is CC(C)OC[C@@]12CCN1CC[C@@H]2F. The molecule has 76 valence electrons. The zero-order valence-corrected chi connectivity index (χ0v) is 8.42. The second kappa shape index (κ2) is 3.21. The maximum atomic E-state index is 13.6. The number of alkyl halides is 1. The van der Waals surface area contributed by atoms with Crippen molar-refractivity contribution in [2.24, 2.45) is 0 Å². The Kier molecular flexibility index (Phi) is 2.32. The normalized spacial score (nSPS) is 39.2. The van der Waals surface area contributed by atoms with Gasteiger partial charge >= 0.3 is 0 Å². The van der Waals surface area contributed by atoms with Crippen LogP contribution in [0.2, 0.25) is 0 Å². The molecule has 3 heteroatoms. The summed E-state index contributed by atoms with van der Waals surface area (Å²) in [5.74, 6) is 0. The van der Waals surface area contributed by atoms with Crippen LogP contribution in [0.15, 0.2) is 0 Å². The molecule has 0 N–H and O–H groups in total. The van der Waals surface area contributed by atoms with Crippen molar-refractivity contribution in [2.75, 3.05) is 19.7 Å².